The molecule has 0 bridgehead atoms. The maximum atomic E-state index is 13.5. The van der Waals surface area contributed by atoms with Crippen LogP contribution in [0.1, 0.15) is 22.1 Å². The lowest BCUT2D eigenvalue weighted by molar-refractivity contribution is -0.249. The SMILES string of the molecule is CN1Cc2c(c3c4ccccc4n([C@@H]4O[C@H](CO)[C@@H](O)[C@H](O)[C@H]4O)c3c3[nH]c4ncccc4c23)C1=O. The summed E-state index contributed by atoms with van der Waals surface area (Å²) >= 11 is 0. The van der Waals surface area contributed by atoms with Crippen LogP contribution in [0.25, 0.3) is 43.7 Å². The molecule has 0 saturated carbocycles. The van der Waals surface area contributed by atoms with Crippen LogP contribution in [0, 0.1) is 0 Å². The van der Waals surface area contributed by atoms with Gasteiger partial charge in [0.2, 0.25) is 0 Å². The average Bonchev–Trinajstić information content (AvgIpc) is 3.53. The molecule has 0 radical (unpaired) electrons. The Morgan fingerprint density at radius 2 is 1.83 bits per heavy atom. The van der Waals surface area contributed by atoms with E-state index < -0.39 is 37.3 Å². The summed E-state index contributed by atoms with van der Waals surface area (Å²) in [5.74, 6) is -0.105. The number of para-hydroxylation sites is 1. The summed E-state index contributed by atoms with van der Waals surface area (Å²) in [7, 11) is 1.77. The molecule has 3 aromatic heterocycles. The Kier molecular flexibility index (Phi) is 4.51. The summed E-state index contributed by atoms with van der Waals surface area (Å²) in [4.78, 5) is 23.1. The zero-order valence-electron chi connectivity index (χ0n) is 19.3. The van der Waals surface area contributed by atoms with E-state index in [-0.39, 0.29) is 5.91 Å². The van der Waals surface area contributed by atoms with Crippen LogP contribution in [-0.4, -0.2) is 83.8 Å². The smallest absolute Gasteiger partial charge is 0.254 e. The number of benzene rings is 2. The quantitative estimate of drug-likeness (QED) is 0.253. The van der Waals surface area contributed by atoms with E-state index in [9.17, 15) is 25.2 Å². The van der Waals surface area contributed by atoms with E-state index >= 15 is 0 Å². The van der Waals surface area contributed by atoms with E-state index in [0.717, 1.165) is 27.2 Å². The highest BCUT2D eigenvalue weighted by atomic mass is 16.6. The standard InChI is InChI=1S/C26H24N4O6/c1-29-9-13-16-12-6-4-8-27-24(12)28-19(16)20-17(18(13)25(29)35)11-5-2-3-7-14(11)30(20)26-23(34)22(33)21(32)15(10-31)36-26/h2-8,15,21-23,26,31-34H,9-10H2,1H3,(H,27,28)/t15-,21-,22+,23-,26-/m1/s1. The molecule has 0 spiro atoms. The van der Waals surface area contributed by atoms with Crippen LogP contribution in [0.15, 0.2) is 42.6 Å². The van der Waals surface area contributed by atoms with Gasteiger partial charge in [-0.25, -0.2) is 4.98 Å². The summed E-state index contributed by atoms with van der Waals surface area (Å²) < 4.78 is 7.77. The molecule has 1 saturated heterocycles. The third-order valence-electron chi connectivity index (χ3n) is 7.65. The van der Waals surface area contributed by atoms with Crippen molar-refractivity contribution in [2.75, 3.05) is 13.7 Å². The van der Waals surface area contributed by atoms with Crippen molar-refractivity contribution < 1.29 is 30.0 Å². The molecule has 1 amide bonds. The second-order valence-corrected chi connectivity index (χ2v) is 9.62. The van der Waals surface area contributed by atoms with Crippen molar-refractivity contribution in [3.05, 3.63) is 53.7 Å². The van der Waals surface area contributed by atoms with Crippen LogP contribution in [0.2, 0.25) is 0 Å². The molecule has 2 aliphatic rings. The second kappa shape index (κ2) is 7.48. The van der Waals surface area contributed by atoms with Gasteiger partial charge in [-0.2, -0.15) is 0 Å². The summed E-state index contributed by atoms with van der Waals surface area (Å²) in [6.07, 6.45) is -5.04. The fraction of sp³-hybridized carbons (Fsp3) is 0.308. The molecular weight excluding hydrogens is 464 g/mol. The number of amides is 1. The van der Waals surface area contributed by atoms with E-state index in [1.807, 2.05) is 36.4 Å². The van der Waals surface area contributed by atoms with E-state index in [1.54, 1.807) is 22.7 Å². The zero-order chi connectivity index (χ0) is 24.9. The van der Waals surface area contributed by atoms with Gasteiger partial charge in [-0.15, -0.1) is 0 Å². The number of carbonyl (C=O) groups excluding carboxylic acids is 1. The molecule has 7 rings (SSSR count). The van der Waals surface area contributed by atoms with E-state index in [0.29, 0.717) is 34.2 Å². The van der Waals surface area contributed by atoms with Gasteiger partial charge in [-0.1, -0.05) is 18.2 Å². The van der Waals surface area contributed by atoms with Gasteiger partial charge < -0.3 is 39.6 Å². The molecule has 10 nitrogen and oxygen atoms in total. The first-order valence-electron chi connectivity index (χ1n) is 11.8. The number of hydrogen-bond acceptors (Lipinski definition) is 7. The summed E-state index contributed by atoms with van der Waals surface area (Å²) in [6, 6.07) is 11.3. The van der Waals surface area contributed by atoms with Gasteiger partial charge in [0.25, 0.3) is 5.91 Å². The molecule has 5 N–H and O–H groups in total. The number of carbonyl (C=O) groups is 1. The third kappa shape index (κ3) is 2.62. The molecule has 10 heteroatoms. The number of fused-ring (bicyclic) bond motifs is 10. The highest BCUT2D eigenvalue weighted by molar-refractivity contribution is 6.30. The molecule has 5 heterocycles. The van der Waals surface area contributed by atoms with E-state index in [4.69, 9.17) is 4.74 Å². The number of rotatable bonds is 2. The molecule has 184 valence electrons. The molecule has 0 unspecified atom stereocenters. The van der Waals surface area contributed by atoms with Crippen molar-refractivity contribution in [2.45, 2.75) is 37.2 Å². The van der Waals surface area contributed by atoms with Gasteiger partial charge in [0.05, 0.1) is 28.7 Å². The molecule has 2 aromatic carbocycles. The number of aromatic amines is 1. The Morgan fingerprint density at radius 1 is 1.06 bits per heavy atom. The van der Waals surface area contributed by atoms with Gasteiger partial charge in [-0.05, 0) is 23.8 Å². The fourth-order valence-electron chi connectivity index (χ4n) is 6.00. The number of nitrogens with one attached hydrogen (secondary N) is 1. The molecule has 0 aliphatic carbocycles. The van der Waals surface area contributed by atoms with Crippen LogP contribution >= 0.6 is 0 Å². The van der Waals surface area contributed by atoms with Crippen molar-refractivity contribution in [3.63, 3.8) is 0 Å². The number of aromatic nitrogens is 3. The van der Waals surface area contributed by atoms with E-state index in [2.05, 4.69) is 9.97 Å². The fourth-order valence-corrected chi connectivity index (χ4v) is 6.00. The van der Waals surface area contributed by atoms with Crippen LogP contribution in [0.3, 0.4) is 0 Å². The minimum absolute atomic E-state index is 0.105. The number of nitrogens with zero attached hydrogens (tertiary/aromatic N) is 3. The lowest BCUT2D eigenvalue weighted by Crippen LogP contribution is -2.56. The lowest BCUT2D eigenvalue weighted by atomic mass is 9.96. The summed E-state index contributed by atoms with van der Waals surface area (Å²) in [5, 5.41) is 45.1. The normalized spacial score (nSPS) is 26.6. The Bertz CT molecular complexity index is 1710. The number of ether oxygens (including phenoxy) is 1. The molecule has 5 atom stereocenters. The van der Waals surface area contributed by atoms with Crippen LogP contribution in [0.4, 0.5) is 0 Å². The molecule has 2 aliphatic heterocycles. The number of aliphatic hydroxyl groups is 4. The number of H-pyrrole nitrogens is 1. The largest absolute Gasteiger partial charge is 0.394 e. The van der Waals surface area contributed by atoms with Crippen LogP contribution in [0.5, 0.6) is 0 Å². The monoisotopic (exact) mass is 488 g/mol. The Morgan fingerprint density at radius 3 is 2.64 bits per heavy atom. The predicted molar refractivity (Wildman–Crippen MR) is 131 cm³/mol. The minimum atomic E-state index is -1.54. The average molecular weight is 489 g/mol. The van der Waals surface area contributed by atoms with E-state index in [1.165, 1.54) is 0 Å². The van der Waals surface area contributed by atoms with Gasteiger partial charge in [0.15, 0.2) is 6.23 Å². The first-order valence-corrected chi connectivity index (χ1v) is 11.8. The maximum Gasteiger partial charge on any atom is 0.254 e. The van der Waals surface area contributed by atoms with Gasteiger partial charge in [0.1, 0.15) is 30.1 Å². The van der Waals surface area contributed by atoms with Gasteiger partial charge >= 0.3 is 0 Å². The molecule has 5 aromatic rings. The van der Waals surface area contributed by atoms with Gasteiger partial charge in [0, 0.05) is 41.3 Å². The number of hydrogen-bond donors (Lipinski definition) is 5. The van der Waals surface area contributed by atoms with Gasteiger partial charge in [-0.3, -0.25) is 4.79 Å². The lowest BCUT2D eigenvalue weighted by Gasteiger charge is -2.41. The molecule has 1 fully saturated rings. The predicted octanol–water partition coefficient (Wildman–Crippen LogP) is 1.38. The second-order valence-electron chi connectivity index (χ2n) is 9.62. The zero-order valence-corrected chi connectivity index (χ0v) is 19.3. The van der Waals surface area contributed by atoms with Crippen LogP contribution < -0.4 is 0 Å². The molecular formula is C26H24N4O6. The Hall–Kier alpha value is -3.54. The number of pyridine rings is 1. The molecule has 36 heavy (non-hydrogen) atoms. The van der Waals surface area contributed by atoms with Crippen molar-refractivity contribution in [3.8, 4) is 0 Å². The van der Waals surface area contributed by atoms with Crippen molar-refractivity contribution in [2.24, 2.45) is 0 Å². The first kappa shape index (κ1) is 21.7. The van der Waals surface area contributed by atoms with Crippen molar-refractivity contribution in [1.82, 2.24) is 19.4 Å². The number of aliphatic hydroxyl groups excluding tert-OH is 4. The van der Waals surface area contributed by atoms with Crippen molar-refractivity contribution >= 4 is 49.6 Å². The third-order valence-corrected chi connectivity index (χ3v) is 7.65. The Labute approximate surface area is 203 Å². The highest BCUT2D eigenvalue weighted by Gasteiger charge is 2.46. The Balaban J connectivity index is 1.68. The maximum absolute atomic E-state index is 13.5. The first-order chi connectivity index (χ1) is 17.4. The van der Waals surface area contributed by atoms with Crippen molar-refractivity contribution in [1.29, 1.82) is 0 Å². The summed E-state index contributed by atoms with van der Waals surface area (Å²) in [6.45, 7) is -0.0923. The highest BCUT2D eigenvalue weighted by Crippen LogP contribution is 2.46. The summed E-state index contributed by atoms with van der Waals surface area (Å²) in [5.41, 5.74) is 4.19. The minimum Gasteiger partial charge on any atom is -0.394 e. The topological polar surface area (TPSA) is 144 Å². The van der Waals surface area contributed by atoms with Crippen LogP contribution in [-0.2, 0) is 11.3 Å².